The summed E-state index contributed by atoms with van der Waals surface area (Å²) >= 11 is 0. The normalized spacial score (nSPS) is 10.6. The number of amides is 1. The summed E-state index contributed by atoms with van der Waals surface area (Å²) < 4.78 is 6.71. The molecule has 0 fully saturated rings. The minimum absolute atomic E-state index is 0.102. The van der Waals surface area contributed by atoms with Gasteiger partial charge in [-0.05, 0) is 43.5 Å². The van der Waals surface area contributed by atoms with E-state index in [1.165, 1.54) is 11.8 Å². The first-order valence-electron chi connectivity index (χ1n) is 8.40. The molecule has 0 unspecified atom stereocenters. The summed E-state index contributed by atoms with van der Waals surface area (Å²) in [5.41, 5.74) is 3.68. The van der Waals surface area contributed by atoms with Crippen LogP contribution in [0.25, 0.3) is 0 Å². The number of hydrogen-bond acceptors (Lipinski definition) is 4. The molecular formula is C18H26N4O3. The number of benzene rings is 1. The molecule has 0 saturated carbocycles. The number of ether oxygens (including phenoxy) is 1. The fraction of sp³-hybridized carbons (Fsp3) is 0.444. The fourth-order valence-corrected chi connectivity index (χ4v) is 2.84. The first-order chi connectivity index (χ1) is 11.9. The van der Waals surface area contributed by atoms with E-state index in [4.69, 9.17) is 4.74 Å². The van der Waals surface area contributed by atoms with E-state index in [1.807, 2.05) is 19.9 Å². The van der Waals surface area contributed by atoms with Crippen molar-refractivity contribution in [2.75, 3.05) is 19.0 Å². The summed E-state index contributed by atoms with van der Waals surface area (Å²) in [7, 11) is 3.18. The van der Waals surface area contributed by atoms with Gasteiger partial charge in [0.15, 0.2) is 0 Å². The standard InChI is InChI=1S/C18H26N4O3/c1-6-12-8-13(11(3)15(9-12)19-7-2)16(23)20-10-14-17(24)21-22(4)18(14)25-5/h8-9,19H,6-7,10H2,1-5H3,(H,20,23)(H,21,24). The van der Waals surface area contributed by atoms with Crippen LogP contribution in [-0.4, -0.2) is 29.3 Å². The quantitative estimate of drug-likeness (QED) is 0.715. The zero-order valence-corrected chi connectivity index (χ0v) is 15.4. The molecule has 0 atom stereocenters. The lowest BCUT2D eigenvalue weighted by atomic mass is 10.0. The number of H-pyrrole nitrogens is 1. The average Bonchev–Trinajstić information content (AvgIpc) is 2.87. The molecule has 3 N–H and O–H groups in total. The highest BCUT2D eigenvalue weighted by Gasteiger charge is 2.17. The Morgan fingerprint density at radius 2 is 2.04 bits per heavy atom. The maximum Gasteiger partial charge on any atom is 0.273 e. The van der Waals surface area contributed by atoms with Crippen molar-refractivity contribution in [3.8, 4) is 5.88 Å². The smallest absolute Gasteiger partial charge is 0.273 e. The Labute approximate surface area is 147 Å². The van der Waals surface area contributed by atoms with Gasteiger partial charge in [-0.2, -0.15) is 0 Å². The van der Waals surface area contributed by atoms with Crippen LogP contribution in [0.2, 0.25) is 0 Å². The number of aromatic nitrogens is 2. The van der Waals surface area contributed by atoms with Crippen molar-refractivity contribution in [3.63, 3.8) is 0 Å². The van der Waals surface area contributed by atoms with Crippen LogP contribution < -0.4 is 20.9 Å². The molecule has 0 spiro atoms. The topological polar surface area (TPSA) is 88.2 Å². The fourth-order valence-electron chi connectivity index (χ4n) is 2.84. The number of nitrogens with zero attached hydrogens (tertiary/aromatic N) is 1. The van der Waals surface area contributed by atoms with Crippen LogP contribution in [-0.2, 0) is 20.0 Å². The monoisotopic (exact) mass is 346 g/mol. The van der Waals surface area contributed by atoms with Gasteiger partial charge in [0, 0.05) is 24.8 Å². The van der Waals surface area contributed by atoms with E-state index in [-0.39, 0.29) is 18.0 Å². The van der Waals surface area contributed by atoms with E-state index in [0.717, 1.165) is 29.8 Å². The summed E-state index contributed by atoms with van der Waals surface area (Å²) in [5, 5.41) is 8.74. The van der Waals surface area contributed by atoms with Crippen molar-refractivity contribution < 1.29 is 9.53 Å². The molecule has 1 heterocycles. The third kappa shape index (κ3) is 3.87. The number of anilines is 1. The maximum absolute atomic E-state index is 12.7. The molecule has 25 heavy (non-hydrogen) atoms. The predicted molar refractivity (Wildman–Crippen MR) is 98.5 cm³/mol. The summed E-state index contributed by atoms with van der Waals surface area (Å²) in [6, 6.07) is 3.97. The molecular weight excluding hydrogens is 320 g/mol. The third-order valence-corrected chi connectivity index (χ3v) is 4.21. The predicted octanol–water partition coefficient (Wildman–Crippen LogP) is 1.95. The van der Waals surface area contributed by atoms with Gasteiger partial charge in [0.05, 0.1) is 19.2 Å². The van der Waals surface area contributed by atoms with Crippen molar-refractivity contribution in [2.24, 2.45) is 7.05 Å². The number of rotatable bonds is 7. The molecule has 1 aromatic heterocycles. The largest absolute Gasteiger partial charge is 0.481 e. The van der Waals surface area contributed by atoms with E-state index in [2.05, 4.69) is 28.7 Å². The number of carbonyl (C=O) groups is 1. The molecule has 136 valence electrons. The van der Waals surface area contributed by atoms with Gasteiger partial charge >= 0.3 is 0 Å². The van der Waals surface area contributed by atoms with Crippen LogP contribution in [0, 0.1) is 6.92 Å². The van der Waals surface area contributed by atoms with Crippen LogP contribution in [0.1, 0.15) is 40.9 Å². The number of nitrogens with one attached hydrogen (secondary N) is 3. The summed E-state index contributed by atoms with van der Waals surface area (Å²) in [6.07, 6.45) is 0.838. The number of carbonyl (C=O) groups excluding carboxylic acids is 1. The molecule has 1 amide bonds. The Hall–Kier alpha value is -2.70. The van der Waals surface area contributed by atoms with Crippen LogP contribution in [0.5, 0.6) is 5.88 Å². The molecule has 7 nitrogen and oxygen atoms in total. The van der Waals surface area contributed by atoms with E-state index in [0.29, 0.717) is 17.0 Å². The van der Waals surface area contributed by atoms with Gasteiger partial charge in [-0.25, -0.2) is 0 Å². The Morgan fingerprint density at radius 1 is 1.32 bits per heavy atom. The Morgan fingerprint density at radius 3 is 2.64 bits per heavy atom. The van der Waals surface area contributed by atoms with Gasteiger partial charge in [0.1, 0.15) is 0 Å². The van der Waals surface area contributed by atoms with Crippen LogP contribution in [0.15, 0.2) is 16.9 Å². The number of aromatic amines is 1. The van der Waals surface area contributed by atoms with Crippen molar-refractivity contribution in [2.45, 2.75) is 33.7 Å². The molecule has 0 bridgehead atoms. The molecule has 0 saturated heterocycles. The van der Waals surface area contributed by atoms with Crippen molar-refractivity contribution in [1.82, 2.24) is 15.1 Å². The molecule has 2 aromatic rings. The SMILES string of the molecule is CCNc1cc(CC)cc(C(=O)NCc2c(OC)n(C)[nH]c2=O)c1C. The minimum atomic E-state index is -0.271. The second-order valence-electron chi connectivity index (χ2n) is 5.87. The highest BCUT2D eigenvalue weighted by Crippen LogP contribution is 2.22. The lowest BCUT2D eigenvalue weighted by Crippen LogP contribution is -2.26. The Balaban J connectivity index is 2.27. The molecule has 2 rings (SSSR count). The molecule has 1 aromatic carbocycles. The van der Waals surface area contributed by atoms with E-state index in [9.17, 15) is 9.59 Å². The van der Waals surface area contributed by atoms with Crippen molar-refractivity contribution >= 4 is 11.6 Å². The lowest BCUT2D eigenvalue weighted by Gasteiger charge is -2.15. The molecule has 0 aliphatic carbocycles. The first-order valence-corrected chi connectivity index (χ1v) is 8.40. The molecule has 0 aliphatic rings. The average molecular weight is 346 g/mol. The second-order valence-corrected chi connectivity index (χ2v) is 5.87. The summed E-state index contributed by atoms with van der Waals surface area (Å²) in [6.45, 7) is 6.88. The first kappa shape index (κ1) is 18.6. The molecule has 0 aliphatic heterocycles. The van der Waals surface area contributed by atoms with Crippen LogP contribution in [0.3, 0.4) is 0 Å². The van der Waals surface area contributed by atoms with Gasteiger partial charge < -0.3 is 15.4 Å². The number of methoxy groups -OCH3 is 1. The van der Waals surface area contributed by atoms with Crippen LogP contribution in [0.4, 0.5) is 5.69 Å². The lowest BCUT2D eigenvalue weighted by molar-refractivity contribution is 0.0950. The van der Waals surface area contributed by atoms with E-state index in [1.54, 1.807) is 7.05 Å². The van der Waals surface area contributed by atoms with Crippen molar-refractivity contribution in [1.29, 1.82) is 0 Å². The van der Waals surface area contributed by atoms with Gasteiger partial charge in [0.25, 0.3) is 11.5 Å². The maximum atomic E-state index is 12.7. The van der Waals surface area contributed by atoms with E-state index < -0.39 is 0 Å². The van der Waals surface area contributed by atoms with Crippen LogP contribution >= 0.6 is 0 Å². The summed E-state index contributed by atoms with van der Waals surface area (Å²) in [5.74, 6) is 0.204. The summed E-state index contributed by atoms with van der Waals surface area (Å²) in [4.78, 5) is 24.6. The van der Waals surface area contributed by atoms with Gasteiger partial charge in [-0.3, -0.25) is 19.4 Å². The third-order valence-electron chi connectivity index (χ3n) is 4.21. The number of hydrogen-bond donors (Lipinski definition) is 3. The highest BCUT2D eigenvalue weighted by molar-refractivity contribution is 5.97. The van der Waals surface area contributed by atoms with Gasteiger partial charge in [-0.15, -0.1) is 0 Å². The minimum Gasteiger partial charge on any atom is -0.481 e. The van der Waals surface area contributed by atoms with Gasteiger partial charge in [-0.1, -0.05) is 6.92 Å². The molecule has 7 heteroatoms. The second kappa shape index (κ2) is 7.92. The Kier molecular flexibility index (Phi) is 5.90. The zero-order valence-electron chi connectivity index (χ0n) is 15.4. The van der Waals surface area contributed by atoms with Crippen molar-refractivity contribution in [3.05, 3.63) is 44.7 Å². The Bertz CT molecular complexity index is 820. The molecule has 0 radical (unpaired) electrons. The highest BCUT2D eigenvalue weighted by atomic mass is 16.5. The zero-order chi connectivity index (χ0) is 18.6. The van der Waals surface area contributed by atoms with E-state index >= 15 is 0 Å². The van der Waals surface area contributed by atoms with Gasteiger partial charge in [0.2, 0.25) is 5.88 Å². The number of aryl methyl sites for hydroxylation is 2.